The number of amides is 3. The van der Waals surface area contributed by atoms with Gasteiger partial charge in [-0.3, -0.25) is 28.8 Å². The highest BCUT2D eigenvalue weighted by atomic mass is 16.5. The number of aliphatic carboxylic acids is 2. The van der Waals surface area contributed by atoms with Gasteiger partial charge in [0.1, 0.15) is 37.1 Å². The Kier molecular flexibility index (Phi) is 35.5. The Morgan fingerprint density at radius 2 is 0.982 bits per heavy atom. The van der Waals surface area contributed by atoms with Crippen molar-refractivity contribution in [3.05, 3.63) is 0 Å². The molecule has 1 atom stereocenters. The average molecular weight is 802 g/mol. The van der Waals surface area contributed by atoms with E-state index in [4.69, 9.17) is 24.1 Å². The van der Waals surface area contributed by atoms with E-state index < -0.39 is 18.0 Å². The topological polar surface area (TPSA) is 250 Å². The number of ketones is 2. The van der Waals surface area contributed by atoms with E-state index in [1.54, 1.807) is 0 Å². The smallest absolute Gasteiger partial charge is 0.326 e. The molecule has 0 saturated heterocycles. The van der Waals surface area contributed by atoms with E-state index in [0.717, 1.165) is 51.4 Å². The van der Waals surface area contributed by atoms with Gasteiger partial charge in [-0.05, 0) is 25.7 Å². The predicted octanol–water partition coefficient (Wildman–Crippen LogP) is 3.08. The molecule has 0 radical (unpaired) electrons. The van der Waals surface area contributed by atoms with E-state index in [9.17, 15) is 43.5 Å². The van der Waals surface area contributed by atoms with Crippen molar-refractivity contribution in [1.82, 2.24) is 16.0 Å². The number of hydrogen-bond donors (Lipinski definition) is 5. The van der Waals surface area contributed by atoms with Crippen LogP contribution in [-0.4, -0.2) is 130 Å². The standard InChI is InChI=1S/C39H67N3O14/c43-23-20-33(45)19-21-40-36(47)30-56-29-27-54-25-22-41-37(48)31-55-28-26-53-24-13-14-32(44)17-18-34(39(51)52)42-35(46)15-11-9-7-5-3-1-2-4-6-8-10-12-16-38(49)50/h23,34H,1-22,24-31H2,(H,40,47)(H,41,48)(H,42,46)(H,49,50)(H,51,52)/t34-/m0/s1. The van der Waals surface area contributed by atoms with Gasteiger partial charge >= 0.3 is 11.9 Å². The highest BCUT2D eigenvalue weighted by molar-refractivity contribution is 5.90. The maximum atomic E-state index is 12.3. The first kappa shape index (κ1) is 52.2. The summed E-state index contributed by atoms with van der Waals surface area (Å²) in [6.07, 6.45) is 14.0. The molecule has 0 bridgehead atoms. The largest absolute Gasteiger partial charge is 0.481 e. The molecule has 3 amide bonds. The molecule has 5 N–H and O–H groups in total. The summed E-state index contributed by atoms with van der Waals surface area (Å²) in [5, 5.41) is 25.8. The minimum absolute atomic E-state index is 0.0252. The number of unbranched alkanes of at least 4 members (excludes halogenated alkanes) is 11. The van der Waals surface area contributed by atoms with Crippen molar-refractivity contribution < 1.29 is 67.5 Å². The first-order valence-corrected chi connectivity index (χ1v) is 20.1. The molecule has 0 aliphatic rings. The fraction of sp³-hybridized carbons (Fsp3) is 0.795. The number of hydrogen-bond acceptors (Lipinski definition) is 12. The molecule has 0 aromatic carbocycles. The monoisotopic (exact) mass is 801 g/mol. The number of rotatable bonds is 42. The minimum Gasteiger partial charge on any atom is -0.481 e. The van der Waals surface area contributed by atoms with E-state index in [0.29, 0.717) is 25.7 Å². The molecule has 0 spiro atoms. The summed E-state index contributed by atoms with van der Waals surface area (Å²) in [4.78, 5) is 91.5. The Balaban J connectivity index is 3.67. The lowest BCUT2D eigenvalue weighted by Crippen LogP contribution is -2.41. The zero-order valence-electron chi connectivity index (χ0n) is 33.2. The second-order valence-corrected chi connectivity index (χ2v) is 13.5. The lowest BCUT2D eigenvalue weighted by molar-refractivity contribution is -0.142. The predicted molar refractivity (Wildman–Crippen MR) is 205 cm³/mol. The zero-order chi connectivity index (χ0) is 41.5. The Morgan fingerprint density at radius 3 is 1.52 bits per heavy atom. The van der Waals surface area contributed by atoms with Gasteiger partial charge in [-0.1, -0.05) is 64.2 Å². The Hall–Kier alpha value is -3.80. The molecule has 0 aromatic heterocycles. The molecule has 0 aliphatic heterocycles. The van der Waals surface area contributed by atoms with Gasteiger partial charge in [0.15, 0.2) is 0 Å². The number of carbonyl (C=O) groups is 8. The molecular weight excluding hydrogens is 734 g/mol. The fourth-order valence-corrected chi connectivity index (χ4v) is 5.33. The lowest BCUT2D eigenvalue weighted by Gasteiger charge is -2.14. The van der Waals surface area contributed by atoms with E-state index in [-0.39, 0.29) is 134 Å². The summed E-state index contributed by atoms with van der Waals surface area (Å²) in [7, 11) is 0. The summed E-state index contributed by atoms with van der Waals surface area (Å²) in [5.74, 6) is -3.29. The molecule has 56 heavy (non-hydrogen) atoms. The van der Waals surface area contributed by atoms with Crippen LogP contribution in [-0.2, 0) is 57.3 Å². The van der Waals surface area contributed by atoms with Crippen LogP contribution in [0.4, 0.5) is 0 Å². The molecular formula is C39H67N3O14. The number of nitrogens with one attached hydrogen (secondary N) is 3. The lowest BCUT2D eigenvalue weighted by atomic mass is 10.0. The summed E-state index contributed by atoms with van der Waals surface area (Å²) in [6, 6.07) is -1.11. The van der Waals surface area contributed by atoms with Crippen molar-refractivity contribution in [2.24, 2.45) is 0 Å². The van der Waals surface area contributed by atoms with Gasteiger partial charge in [-0.25, -0.2) is 4.79 Å². The van der Waals surface area contributed by atoms with Crippen molar-refractivity contribution in [1.29, 1.82) is 0 Å². The number of ether oxygens (including phenoxy) is 4. The van der Waals surface area contributed by atoms with Gasteiger partial charge in [0.05, 0.1) is 39.5 Å². The van der Waals surface area contributed by atoms with Gasteiger partial charge in [-0.15, -0.1) is 0 Å². The Labute approximate surface area is 331 Å². The second kappa shape index (κ2) is 38.1. The quantitative estimate of drug-likeness (QED) is 0.0338. The van der Waals surface area contributed by atoms with E-state index in [2.05, 4.69) is 16.0 Å². The Morgan fingerprint density at radius 1 is 0.482 bits per heavy atom. The minimum atomic E-state index is -1.17. The van der Waals surface area contributed by atoms with Crippen molar-refractivity contribution in [2.45, 2.75) is 134 Å². The summed E-state index contributed by atoms with van der Waals surface area (Å²) < 4.78 is 21.2. The molecule has 322 valence electrons. The third-order valence-electron chi connectivity index (χ3n) is 8.45. The number of carbonyl (C=O) groups excluding carboxylic acids is 6. The molecule has 0 heterocycles. The van der Waals surface area contributed by atoms with Gasteiger partial charge in [0, 0.05) is 51.8 Å². The highest BCUT2D eigenvalue weighted by Crippen LogP contribution is 2.13. The maximum Gasteiger partial charge on any atom is 0.326 e. The van der Waals surface area contributed by atoms with E-state index in [1.807, 2.05) is 0 Å². The number of carboxylic acid groups (broad SMARTS) is 2. The number of carboxylic acids is 2. The molecule has 0 saturated carbocycles. The molecule has 0 aromatic rings. The Bertz CT molecular complexity index is 1120. The SMILES string of the molecule is O=CCC(=O)CCNC(=O)COCCOCCNC(=O)COCCOCCCC(=O)CC[C@H](NC(=O)CCCCCCCCCCCCCCC(=O)O)C(=O)O. The second-order valence-electron chi connectivity index (χ2n) is 13.5. The van der Waals surface area contributed by atoms with Gasteiger partial charge < -0.3 is 49.9 Å². The molecule has 0 fully saturated rings. The van der Waals surface area contributed by atoms with Crippen LogP contribution in [0, 0.1) is 0 Å². The molecule has 17 heteroatoms. The van der Waals surface area contributed by atoms with Crippen molar-refractivity contribution in [3.8, 4) is 0 Å². The van der Waals surface area contributed by atoms with Crippen LogP contribution in [0.2, 0.25) is 0 Å². The van der Waals surface area contributed by atoms with Crippen LogP contribution >= 0.6 is 0 Å². The molecule has 17 nitrogen and oxygen atoms in total. The summed E-state index contributed by atoms with van der Waals surface area (Å²) in [6.45, 7) is 1.37. The zero-order valence-corrected chi connectivity index (χ0v) is 33.2. The first-order valence-electron chi connectivity index (χ1n) is 20.1. The molecule has 0 aliphatic carbocycles. The number of aldehydes is 1. The summed E-state index contributed by atoms with van der Waals surface area (Å²) >= 11 is 0. The third kappa shape index (κ3) is 37.1. The third-order valence-corrected chi connectivity index (χ3v) is 8.45. The van der Waals surface area contributed by atoms with Crippen molar-refractivity contribution in [3.63, 3.8) is 0 Å². The van der Waals surface area contributed by atoms with Crippen LogP contribution in [0.5, 0.6) is 0 Å². The van der Waals surface area contributed by atoms with Crippen LogP contribution < -0.4 is 16.0 Å². The van der Waals surface area contributed by atoms with E-state index in [1.165, 1.54) is 19.3 Å². The number of Topliss-reactive ketones (excluding diaryl/α,β-unsaturated/α-hetero) is 2. The summed E-state index contributed by atoms with van der Waals surface area (Å²) in [5.41, 5.74) is 0. The van der Waals surface area contributed by atoms with Crippen molar-refractivity contribution >= 4 is 47.5 Å². The van der Waals surface area contributed by atoms with Crippen LogP contribution in [0.15, 0.2) is 0 Å². The van der Waals surface area contributed by atoms with Crippen molar-refractivity contribution in [2.75, 3.05) is 65.9 Å². The average Bonchev–Trinajstić information content (AvgIpc) is 3.15. The van der Waals surface area contributed by atoms with E-state index >= 15 is 0 Å². The molecule has 0 rings (SSSR count). The van der Waals surface area contributed by atoms with Crippen LogP contribution in [0.25, 0.3) is 0 Å². The highest BCUT2D eigenvalue weighted by Gasteiger charge is 2.20. The van der Waals surface area contributed by atoms with Gasteiger partial charge in [0.2, 0.25) is 17.7 Å². The first-order chi connectivity index (χ1) is 27.0. The van der Waals surface area contributed by atoms with Gasteiger partial charge in [-0.2, -0.15) is 0 Å². The molecule has 0 unspecified atom stereocenters. The van der Waals surface area contributed by atoms with Crippen LogP contribution in [0.3, 0.4) is 0 Å². The maximum absolute atomic E-state index is 12.3. The normalized spacial score (nSPS) is 11.4. The fourth-order valence-electron chi connectivity index (χ4n) is 5.33. The van der Waals surface area contributed by atoms with Gasteiger partial charge in [0.25, 0.3) is 0 Å². The van der Waals surface area contributed by atoms with Crippen LogP contribution in [0.1, 0.15) is 128 Å².